The predicted octanol–water partition coefficient (Wildman–Crippen LogP) is 2.26. The van der Waals surface area contributed by atoms with E-state index in [4.69, 9.17) is 11.6 Å². The van der Waals surface area contributed by atoms with Crippen molar-refractivity contribution in [3.63, 3.8) is 0 Å². The van der Waals surface area contributed by atoms with Gasteiger partial charge in [-0.3, -0.25) is 4.90 Å². The predicted molar refractivity (Wildman–Crippen MR) is 84.3 cm³/mol. The number of carbonyl (C=O) groups is 1. The summed E-state index contributed by atoms with van der Waals surface area (Å²) in [6.07, 6.45) is 2.94. The lowest BCUT2D eigenvalue weighted by Gasteiger charge is -2.17. The molecule has 1 fully saturated rings. The van der Waals surface area contributed by atoms with Crippen LogP contribution in [0.5, 0.6) is 0 Å². The molecular weight excluding hydrogens is 288 g/mol. The molecule has 1 unspecified atom stereocenters. The first kappa shape index (κ1) is 16.0. The summed E-state index contributed by atoms with van der Waals surface area (Å²) in [5, 5.41) is 6.31. The number of rotatable bonds is 5. The molecule has 0 aliphatic carbocycles. The van der Waals surface area contributed by atoms with Crippen molar-refractivity contribution >= 4 is 17.6 Å². The summed E-state index contributed by atoms with van der Waals surface area (Å²) in [7, 11) is 0. The highest BCUT2D eigenvalue weighted by Crippen LogP contribution is 2.18. The van der Waals surface area contributed by atoms with E-state index in [2.05, 4.69) is 20.5 Å². The summed E-state index contributed by atoms with van der Waals surface area (Å²) in [5.41, 5.74) is 1.17. The Balaban J connectivity index is 1.71. The Morgan fingerprint density at radius 1 is 1.52 bits per heavy atom. The van der Waals surface area contributed by atoms with Gasteiger partial charge in [0.25, 0.3) is 0 Å². The van der Waals surface area contributed by atoms with E-state index in [0.29, 0.717) is 11.1 Å². The highest BCUT2D eigenvalue weighted by Gasteiger charge is 2.22. The van der Waals surface area contributed by atoms with Crippen LogP contribution in [0.4, 0.5) is 4.79 Å². The molecule has 0 aromatic carbocycles. The number of likely N-dealkylation sites (tertiary alicyclic amines) is 1. The third kappa shape index (κ3) is 5.52. The second-order valence-corrected chi connectivity index (χ2v) is 6.28. The zero-order chi connectivity index (χ0) is 15.2. The SMILES string of the molecule is CC(C)NC(=O)NCC1CCN(Cc2ccc(Cl)nc2)C1. The monoisotopic (exact) mass is 310 g/mol. The summed E-state index contributed by atoms with van der Waals surface area (Å²) < 4.78 is 0. The maximum Gasteiger partial charge on any atom is 0.314 e. The van der Waals surface area contributed by atoms with Gasteiger partial charge in [-0.25, -0.2) is 9.78 Å². The van der Waals surface area contributed by atoms with E-state index < -0.39 is 0 Å². The Kier molecular flexibility index (Phi) is 5.82. The summed E-state index contributed by atoms with van der Waals surface area (Å²) in [5.74, 6) is 0.517. The second-order valence-electron chi connectivity index (χ2n) is 5.89. The van der Waals surface area contributed by atoms with Crippen molar-refractivity contribution in [3.8, 4) is 0 Å². The molecule has 2 amide bonds. The molecule has 0 bridgehead atoms. The van der Waals surface area contributed by atoms with Gasteiger partial charge in [-0.2, -0.15) is 0 Å². The number of urea groups is 1. The Hall–Kier alpha value is -1.33. The lowest BCUT2D eigenvalue weighted by atomic mass is 10.1. The molecule has 6 heteroatoms. The molecule has 2 heterocycles. The lowest BCUT2D eigenvalue weighted by Crippen LogP contribution is -2.41. The molecule has 0 saturated carbocycles. The fourth-order valence-corrected chi connectivity index (χ4v) is 2.64. The molecule has 2 N–H and O–H groups in total. The molecule has 1 atom stereocenters. The average molecular weight is 311 g/mol. The van der Waals surface area contributed by atoms with Crippen LogP contribution in [0, 0.1) is 5.92 Å². The Morgan fingerprint density at radius 2 is 2.33 bits per heavy atom. The Bertz CT molecular complexity index is 463. The number of hydrogen-bond acceptors (Lipinski definition) is 3. The fourth-order valence-electron chi connectivity index (χ4n) is 2.53. The number of halogens is 1. The van der Waals surface area contributed by atoms with Crippen molar-refractivity contribution in [1.82, 2.24) is 20.5 Å². The summed E-state index contributed by atoms with van der Waals surface area (Å²) in [6, 6.07) is 3.92. The summed E-state index contributed by atoms with van der Waals surface area (Å²) >= 11 is 5.79. The molecule has 1 aromatic rings. The topological polar surface area (TPSA) is 57.3 Å². The van der Waals surface area contributed by atoms with E-state index >= 15 is 0 Å². The van der Waals surface area contributed by atoms with Gasteiger partial charge < -0.3 is 10.6 Å². The van der Waals surface area contributed by atoms with Crippen LogP contribution in [0.15, 0.2) is 18.3 Å². The standard InChI is InChI=1S/C15H23ClN4O/c1-11(2)19-15(21)18-8-13-5-6-20(10-13)9-12-3-4-14(16)17-7-12/h3-4,7,11,13H,5-6,8-10H2,1-2H3,(H2,18,19,21). The normalized spacial score (nSPS) is 19.0. The number of carbonyl (C=O) groups excluding carboxylic acids is 1. The first-order valence-electron chi connectivity index (χ1n) is 7.40. The Morgan fingerprint density at radius 3 is 3.00 bits per heavy atom. The van der Waals surface area contributed by atoms with Gasteiger partial charge in [0.1, 0.15) is 5.15 Å². The van der Waals surface area contributed by atoms with Crippen molar-refractivity contribution in [2.75, 3.05) is 19.6 Å². The third-order valence-electron chi connectivity index (χ3n) is 3.54. The average Bonchev–Trinajstić information content (AvgIpc) is 2.86. The largest absolute Gasteiger partial charge is 0.338 e. The van der Waals surface area contributed by atoms with Crippen LogP contribution in [0.1, 0.15) is 25.8 Å². The molecule has 1 aromatic heterocycles. The van der Waals surface area contributed by atoms with Gasteiger partial charge in [0.2, 0.25) is 0 Å². The zero-order valence-electron chi connectivity index (χ0n) is 12.6. The van der Waals surface area contributed by atoms with Crippen molar-refractivity contribution in [2.24, 2.45) is 5.92 Å². The first-order valence-corrected chi connectivity index (χ1v) is 7.78. The van der Waals surface area contributed by atoms with Gasteiger partial charge in [0.05, 0.1) is 0 Å². The fraction of sp³-hybridized carbons (Fsp3) is 0.600. The van der Waals surface area contributed by atoms with E-state index in [1.54, 1.807) is 0 Å². The van der Waals surface area contributed by atoms with Gasteiger partial charge in [0.15, 0.2) is 0 Å². The number of nitrogens with zero attached hydrogens (tertiary/aromatic N) is 2. The number of hydrogen-bond donors (Lipinski definition) is 2. The quantitative estimate of drug-likeness (QED) is 0.820. The molecule has 116 valence electrons. The van der Waals surface area contributed by atoms with E-state index in [9.17, 15) is 4.79 Å². The van der Waals surface area contributed by atoms with Crippen LogP contribution in [0.3, 0.4) is 0 Å². The number of nitrogens with one attached hydrogen (secondary N) is 2. The smallest absolute Gasteiger partial charge is 0.314 e. The van der Waals surface area contributed by atoms with Crippen molar-refractivity contribution in [1.29, 1.82) is 0 Å². The summed E-state index contributed by atoms with van der Waals surface area (Å²) in [6.45, 7) is 7.59. The van der Waals surface area contributed by atoms with Crippen LogP contribution < -0.4 is 10.6 Å². The highest BCUT2D eigenvalue weighted by atomic mass is 35.5. The highest BCUT2D eigenvalue weighted by molar-refractivity contribution is 6.29. The van der Waals surface area contributed by atoms with Gasteiger partial charge in [-0.1, -0.05) is 17.7 Å². The second kappa shape index (κ2) is 7.61. The van der Waals surface area contributed by atoms with E-state index in [1.807, 2.05) is 32.2 Å². The Labute approximate surface area is 131 Å². The van der Waals surface area contributed by atoms with Crippen molar-refractivity contribution in [3.05, 3.63) is 29.0 Å². The van der Waals surface area contributed by atoms with Crippen molar-refractivity contribution < 1.29 is 4.79 Å². The van der Waals surface area contributed by atoms with Gasteiger partial charge in [0, 0.05) is 31.9 Å². The van der Waals surface area contributed by atoms with Crippen LogP contribution >= 0.6 is 11.6 Å². The van der Waals surface area contributed by atoms with Crippen molar-refractivity contribution in [2.45, 2.75) is 32.9 Å². The van der Waals surface area contributed by atoms with Gasteiger partial charge in [-0.15, -0.1) is 0 Å². The van der Waals surface area contributed by atoms with Gasteiger partial charge >= 0.3 is 6.03 Å². The maximum absolute atomic E-state index is 11.6. The minimum Gasteiger partial charge on any atom is -0.338 e. The minimum absolute atomic E-state index is 0.0784. The van der Waals surface area contributed by atoms with Crippen LogP contribution in [0.25, 0.3) is 0 Å². The van der Waals surface area contributed by atoms with E-state index in [1.165, 1.54) is 5.56 Å². The summed E-state index contributed by atoms with van der Waals surface area (Å²) in [4.78, 5) is 18.0. The molecule has 0 spiro atoms. The maximum atomic E-state index is 11.6. The molecule has 5 nitrogen and oxygen atoms in total. The molecule has 1 aliphatic heterocycles. The molecule has 1 saturated heterocycles. The minimum atomic E-state index is -0.0784. The first-order chi connectivity index (χ1) is 10.0. The molecule has 2 rings (SSSR count). The van der Waals surface area contributed by atoms with Gasteiger partial charge in [-0.05, 0) is 44.4 Å². The number of pyridine rings is 1. The van der Waals surface area contributed by atoms with Crippen LogP contribution in [-0.4, -0.2) is 41.6 Å². The number of amides is 2. The third-order valence-corrected chi connectivity index (χ3v) is 3.76. The van der Waals surface area contributed by atoms with Crippen LogP contribution in [0.2, 0.25) is 5.15 Å². The van der Waals surface area contributed by atoms with E-state index in [-0.39, 0.29) is 12.1 Å². The molecule has 21 heavy (non-hydrogen) atoms. The zero-order valence-corrected chi connectivity index (χ0v) is 13.4. The van der Waals surface area contributed by atoms with Crippen LogP contribution in [-0.2, 0) is 6.54 Å². The molecular formula is C15H23ClN4O. The lowest BCUT2D eigenvalue weighted by molar-refractivity contribution is 0.236. The molecule has 1 aliphatic rings. The van der Waals surface area contributed by atoms with E-state index in [0.717, 1.165) is 32.6 Å². The number of aromatic nitrogens is 1. The molecule has 0 radical (unpaired) electrons.